The van der Waals surface area contributed by atoms with Crippen molar-refractivity contribution in [2.24, 2.45) is 0 Å². The van der Waals surface area contributed by atoms with Crippen molar-refractivity contribution in [3.63, 3.8) is 0 Å². The standard InChI is InChI=1S/C28H33F2N5O2/c1-17-18(2)32-27(36)35(26(17)20-8-11-23(29)24(30)15-20)28(37)33-21-12-14-34(16-21)22-9-6-19(7-10-22)25-5-3-4-13-31-25/h3-5,8,11,13,15,19,21-22,26H,6-7,9-10,12,14,16H2,1-2H3,(H,32,36)(H,33,37). The molecule has 1 saturated carbocycles. The minimum atomic E-state index is -1.02. The lowest BCUT2D eigenvalue weighted by Crippen LogP contribution is -2.55. The van der Waals surface area contributed by atoms with Gasteiger partial charge in [-0.2, -0.15) is 0 Å². The molecule has 3 heterocycles. The molecule has 0 radical (unpaired) electrons. The first-order chi connectivity index (χ1) is 17.8. The molecule has 2 N–H and O–H groups in total. The summed E-state index contributed by atoms with van der Waals surface area (Å²) < 4.78 is 27.6. The Hall–Kier alpha value is -3.33. The van der Waals surface area contributed by atoms with Crippen molar-refractivity contribution >= 4 is 12.1 Å². The van der Waals surface area contributed by atoms with Gasteiger partial charge in [-0.05, 0) is 81.4 Å². The maximum absolute atomic E-state index is 14.0. The first kappa shape index (κ1) is 25.3. The molecular weight excluding hydrogens is 476 g/mol. The molecule has 3 aliphatic rings. The van der Waals surface area contributed by atoms with Crippen molar-refractivity contribution in [1.29, 1.82) is 0 Å². The molecule has 1 saturated heterocycles. The fourth-order valence-electron chi connectivity index (χ4n) is 5.96. The van der Waals surface area contributed by atoms with Crippen LogP contribution >= 0.6 is 0 Å². The van der Waals surface area contributed by atoms with Gasteiger partial charge >= 0.3 is 12.1 Å². The fraction of sp³-hybridized carbons (Fsp3) is 0.464. The number of nitrogens with zero attached hydrogens (tertiary/aromatic N) is 3. The normalized spacial score (nSPS) is 26.8. The molecule has 9 heteroatoms. The average Bonchev–Trinajstić information content (AvgIpc) is 3.36. The average molecular weight is 510 g/mol. The quantitative estimate of drug-likeness (QED) is 0.592. The van der Waals surface area contributed by atoms with E-state index < -0.39 is 29.7 Å². The van der Waals surface area contributed by atoms with E-state index in [0.29, 0.717) is 28.8 Å². The number of pyridine rings is 1. The summed E-state index contributed by atoms with van der Waals surface area (Å²) in [6, 6.07) is 8.02. The Bertz CT molecular complexity index is 1200. The number of carbonyl (C=O) groups excluding carboxylic acids is 2. The number of carbonyl (C=O) groups is 2. The second kappa shape index (κ2) is 10.6. The molecule has 1 aromatic carbocycles. The SMILES string of the molecule is CC1=C(C)C(c2ccc(F)c(F)c2)N(C(=O)NC2CCN(C3CCC(c4ccccn4)CC3)C2)C(=O)N1. The van der Waals surface area contributed by atoms with Crippen LogP contribution in [0.25, 0.3) is 0 Å². The molecular formula is C28H33F2N5O2. The van der Waals surface area contributed by atoms with E-state index in [1.165, 1.54) is 11.8 Å². The molecule has 196 valence electrons. The lowest BCUT2D eigenvalue weighted by molar-refractivity contribution is 0.164. The summed E-state index contributed by atoms with van der Waals surface area (Å²) in [6.07, 6.45) is 7.04. The molecule has 4 amide bonds. The maximum Gasteiger partial charge on any atom is 0.330 e. The smallest absolute Gasteiger partial charge is 0.330 e. The summed E-state index contributed by atoms with van der Waals surface area (Å²) in [5.74, 6) is -1.49. The minimum absolute atomic E-state index is 0.0910. The van der Waals surface area contributed by atoms with Crippen LogP contribution in [0.4, 0.5) is 18.4 Å². The monoisotopic (exact) mass is 509 g/mol. The third-order valence-corrected chi connectivity index (χ3v) is 8.12. The van der Waals surface area contributed by atoms with E-state index in [1.54, 1.807) is 13.8 Å². The van der Waals surface area contributed by atoms with Gasteiger partial charge < -0.3 is 10.6 Å². The number of benzene rings is 1. The number of halogens is 2. The highest BCUT2D eigenvalue weighted by molar-refractivity contribution is 5.96. The molecule has 7 nitrogen and oxygen atoms in total. The molecule has 2 atom stereocenters. The van der Waals surface area contributed by atoms with Gasteiger partial charge in [-0.1, -0.05) is 12.1 Å². The van der Waals surface area contributed by atoms with Gasteiger partial charge in [0.25, 0.3) is 0 Å². The van der Waals surface area contributed by atoms with Gasteiger partial charge in [-0.25, -0.2) is 23.3 Å². The fourth-order valence-corrected chi connectivity index (χ4v) is 5.96. The molecule has 5 rings (SSSR count). The summed E-state index contributed by atoms with van der Waals surface area (Å²) in [7, 11) is 0. The Morgan fingerprint density at radius 1 is 1.05 bits per heavy atom. The van der Waals surface area contributed by atoms with E-state index >= 15 is 0 Å². The minimum Gasteiger partial charge on any atom is -0.333 e. The van der Waals surface area contributed by atoms with Gasteiger partial charge in [0.2, 0.25) is 0 Å². The molecule has 1 aromatic heterocycles. The lowest BCUT2D eigenvalue weighted by atomic mass is 9.83. The van der Waals surface area contributed by atoms with Crippen LogP contribution in [0.5, 0.6) is 0 Å². The largest absolute Gasteiger partial charge is 0.333 e. The van der Waals surface area contributed by atoms with Crippen LogP contribution in [0.15, 0.2) is 53.9 Å². The Kier molecular flexibility index (Phi) is 7.24. The predicted octanol–water partition coefficient (Wildman–Crippen LogP) is 5.23. The Morgan fingerprint density at radius 2 is 1.84 bits per heavy atom. The van der Waals surface area contributed by atoms with Crippen molar-refractivity contribution < 1.29 is 18.4 Å². The van der Waals surface area contributed by atoms with E-state index in [1.807, 2.05) is 18.3 Å². The zero-order chi connectivity index (χ0) is 26.1. The summed E-state index contributed by atoms with van der Waals surface area (Å²) in [5.41, 5.74) is 2.80. The summed E-state index contributed by atoms with van der Waals surface area (Å²) >= 11 is 0. The predicted molar refractivity (Wildman–Crippen MR) is 136 cm³/mol. The van der Waals surface area contributed by atoms with Crippen LogP contribution in [0, 0.1) is 11.6 Å². The van der Waals surface area contributed by atoms with Crippen LogP contribution in [0.1, 0.15) is 69.2 Å². The van der Waals surface area contributed by atoms with Crippen molar-refractivity contribution in [3.8, 4) is 0 Å². The number of likely N-dealkylation sites (tertiary alicyclic amines) is 1. The van der Waals surface area contributed by atoms with Crippen LogP contribution in [-0.4, -0.2) is 52.0 Å². The number of rotatable bonds is 4. The van der Waals surface area contributed by atoms with Crippen molar-refractivity contribution in [3.05, 3.63) is 76.8 Å². The Labute approximate surface area is 215 Å². The number of nitrogens with one attached hydrogen (secondary N) is 2. The second-order valence-corrected chi connectivity index (χ2v) is 10.4. The third-order valence-electron chi connectivity index (χ3n) is 8.12. The third kappa shape index (κ3) is 5.23. The van der Waals surface area contributed by atoms with Gasteiger partial charge in [0.05, 0.1) is 6.04 Å². The van der Waals surface area contributed by atoms with Crippen molar-refractivity contribution in [1.82, 2.24) is 25.4 Å². The summed E-state index contributed by atoms with van der Waals surface area (Å²) in [6.45, 7) is 5.12. The number of urea groups is 2. The number of allylic oxidation sites excluding steroid dienone is 1. The zero-order valence-corrected chi connectivity index (χ0v) is 21.2. The van der Waals surface area contributed by atoms with Crippen LogP contribution in [0.3, 0.4) is 0 Å². The van der Waals surface area contributed by atoms with Gasteiger partial charge in [0.15, 0.2) is 11.6 Å². The van der Waals surface area contributed by atoms with Gasteiger partial charge in [0.1, 0.15) is 0 Å². The number of hydrogen-bond acceptors (Lipinski definition) is 4. The van der Waals surface area contributed by atoms with Crippen LogP contribution in [0.2, 0.25) is 0 Å². The Morgan fingerprint density at radius 3 is 2.54 bits per heavy atom. The topological polar surface area (TPSA) is 77.6 Å². The van der Waals surface area contributed by atoms with Crippen molar-refractivity contribution in [2.45, 2.75) is 70.0 Å². The van der Waals surface area contributed by atoms with E-state index in [-0.39, 0.29) is 6.04 Å². The summed E-state index contributed by atoms with van der Waals surface area (Å²) in [4.78, 5) is 34.3. The Balaban J connectivity index is 1.23. The lowest BCUT2D eigenvalue weighted by Gasteiger charge is -2.37. The number of hydrogen-bond donors (Lipinski definition) is 2. The van der Waals surface area contributed by atoms with Gasteiger partial charge in [0, 0.05) is 48.7 Å². The highest BCUT2D eigenvalue weighted by atomic mass is 19.2. The first-order valence-corrected chi connectivity index (χ1v) is 13.0. The zero-order valence-electron chi connectivity index (χ0n) is 21.2. The van der Waals surface area contributed by atoms with Crippen LogP contribution < -0.4 is 10.6 Å². The van der Waals surface area contributed by atoms with E-state index in [2.05, 4.69) is 26.6 Å². The number of imide groups is 1. The molecule has 2 fully saturated rings. The molecule has 2 aliphatic heterocycles. The second-order valence-electron chi connectivity index (χ2n) is 10.4. The first-order valence-electron chi connectivity index (χ1n) is 13.0. The van der Waals surface area contributed by atoms with Crippen molar-refractivity contribution in [2.75, 3.05) is 13.1 Å². The highest BCUT2D eigenvalue weighted by Gasteiger charge is 2.39. The summed E-state index contributed by atoms with van der Waals surface area (Å²) in [5, 5.41) is 5.74. The maximum atomic E-state index is 14.0. The molecule has 2 unspecified atom stereocenters. The van der Waals surface area contributed by atoms with E-state index in [4.69, 9.17) is 0 Å². The van der Waals surface area contributed by atoms with Crippen LogP contribution in [-0.2, 0) is 0 Å². The molecule has 1 aliphatic carbocycles. The molecule has 0 bridgehead atoms. The number of aromatic nitrogens is 1. The van der Waals surface area contributed by atoms with Gasteiger partial charge in [-0.3, -0.25) is 9.88 Å². The van der Waals surface area contributed by atoms with E-state index in [0.717, 1.165) is 62.2 Å². The number of amides is 4. The highest BCUT2D eigenvalue weighted by Crippen LogP contribution is 2.36. The van der Waals surface area contributed by atoms with Gasteiger partial charge in [-0.15, -0.1) is 0 Å². The molecule has 2 aromatic rings. The van der Waals surface area contributed by atoms with E-state index in [9.17, 15) is 18.4 Å². The molecule has 0 spiro atoms. The molecule has 37 heavy (non-hydrogen) atoms.